The Morgan fingerprint density at radius 3 is 2.63 bits per heavy atom. The van der Waals surface area contributed by atoms with Crippen LogP contribution in [0, 0.1) is 0 Å². The predicted octanol–water partition coefficient (Wildman–Crippen LogP) is 3.36. The molecule has 1 rings (SSSR count). The highest BCUT2D eigenvalue weighted by atomic mass is 79.9. The van der Waals surface area contributed by atoms with E-state index in [0.717, 1.165) is 23.1 Å². The number of ether oxygens (including phenoxy) is 1. The van der Waals surface area contributed by atoms with Gasteiger partial charge in [0.2, 0.25) is 0 Å². The van der Waals surface area contributed by atoms with E-state index in [9.17, 15) is 5.11 Å². The molecular weight excluding hydrogens is 306 g/mol. The molecule has 0 saturated heterocycles. The minimum absolute atomic E-state index is 0.0940. The number of aliphatic hydroxyl groups is 1. The topological polar surface area (TPSA) is 41.5 Å². The summed E-state index contributed by atoms with van der Waals surface area (Å²) < 4.78 is 6.54. The van der Waals surface area contributed by atoms with Crippen LogP contribution in [-0.2, 0) is 0 Å². The SMILES string of the molecule is CCC(C)(CC)NCC(O)COc1cccc(Br)c1. The number of rotatable bonds is 8. The van der Waals surface area contributed by atoms with Gasteiger partial charge in [-0.3, -0.25) is 0 Å². The van der Waals surface area contributed by atoms with Crippen LogP contribution in [-0.4, -0.2) is 29.9 Å². The number of aliphatic hydroxyl groups excluding tert-OH is 1. The Bertz CT molecular complexity index is 380. The van der Waals surface area contributed by atoms with Crippen molar-refractivity contribution in [2.75, 3.05) is 13.2 Å². The van der Waals surface area contributed by atoms with Gasteiger partial charge in [0.25, 0.3) is 0 Å². The van der Waals surface area contributed by atoms with E-state index in [1.54, 1.807) is 0 Å². The summed E-state index contributed by atoms with van der Waals surface area (Å²) >= 11 is 3.39. The lowest BCUT2D eigenvalue weighted by molar-refractivity contribution is 0.0966. The standard InChI is InChI=1S/C15H24BrNO2/c1-4-15(3,5-2)17-10-13(18)11-19-14-8-6-7-12(16)9-14/h6-9,13,17-18H,4-5,10-11H2,1-3H3. The third-order valence-electron chi connectivity index (χ3n) is 3.56. The van der Waals surface area contributed by atoms with E-state index >= 15 is 0 Å². The third-order valence-corrected chi connectivity index (χ3v) is 4.06. The fraction of sp³-hybridized carbons (Fsp3) is 0.600. The van der Waals surface area contributed by atoms with Gasteiger partial charge in [-0.05, 0) is 38.0 Å². The highest BCUT2D eigenvalue weighted by Crippen LogP contribution is 2.18. The number of benzene rings is 1. The quantitative estimate of drug-likeness (QED) is 0.768. The average molecular weight is 330 g/mol. The van der Waals surface area contributed by atoms with E-state index in [-0.39, 0.29) is 5.54 Å². The maximum absolute atomic E-state index is 9.93. The lowest BCUT2D eigenvalue weighted by Crippen LogP contribution is -2.46. The van der Waals surface area contributed by atoms with Crippen LogP contribution in [0.4, 0.5) is 0 Å². The number of β-amino-alcohol motifs (C(OH)–C–C–N with tert-alkyl or cyclic N) is 1. The molecular formula is C15H24BrNO2. The van der Waals surface area contributed by atoms with Crippen LogP contribution >= 0.6 is 15.9 Å². The molecule has 0 radical (unpaired) electrons. The van der Waals surface area contributed by atoms with Crippen molar-refractivity contribution in [1.29, 1.82) is 0 Å². The molecule has 0 saturated carbocycles. The van der Waals surface area contributed by atoms with Crippen LogP contribution in [0.25, 0.3) is 0 Å². The fourth-order valence-electron chi connectivity index (χ4n) is 1.67. The first-order valence-electron chi connectivity index (χ1n) is 6.80. The first-order chi connectivity index (χ1) is 8.99. The van der Waals surface area contributed by atoms with E-state index in [1.807, 2.05) is 24.3 Å². The summed E-state index contributed by atoms with van der Waals surface area (Å²) in [5, 5.41) is 13.3. The monoisotopic (exact) mass is 329 g/mol. The summed E-state index contributed by atoms with van der Waals surface area (Å²) in [5.74, 6) is 0.766. The summed E-state index contributed by atoms with van der Waals surface area (Å²) in [5.41, 5.74) is 0.0940. The van der Waals surface area contributed by atoms with Crippen LogP contribution < -0.4 is 10.1 Å². The second-order valence-electron chi connectivity index (χ2n) is 5.07. The van der Waals surface area contributed by atoms with Crippen molar-refractivity contribution in [2.24, 2.45) is 0 Å². The molecule has 0 fully saturated rings. The first-order valence-corrected chi connectivity index (χ1v) is 7.60. The Morgan fingerprint density at radius 1 is 1.37 bits per heavy atom. The molecule has 0 aliphatic carbocycles. The van der Waals surface area contributed by atoms with Crippen molar-refractivity contribution in [2.45, 2.75) is 45.3 Å². The zero-order valence-electron chi connectivity index (χ0n) is 11.9. The highest BCUT2D eigenvalue weighted by molar-refractivity contribution is 9.10. The Morgan fingerprint density at radius 2 is 2.05 bits per heavy atom. The molecule has 1 unspecified atom stereocenters. The van der Waals surface area contributed by atoms with Gasteiger partial charge in [-0.15, -0.1) is 0 Å². The van der Waals surface area contributed by atoms with Gasteiger partial charge in [0, 0.05) is 16.6 Å². The van der Waals surface area contributed by atoms with E-state index in [1.165, 1.54) is 0 Å². The second kappa shape index (κ2) is 7.88. The van der Waals surface area contributed by atoms with Gasteiger partial charge in [0.15, 0.2) is 0 Å². The molecule has 4 heteroatoms. The first kappa shape index (κ1) is 16.5. The van der Waals surface area contributed by atoms with Crippen LogP contribution in [0.1, 0.15) is 33.6 Å². The van der Waals surface area contributed by atoms with Gasteiger partial charge < -0.3 is 15.2 Å². The summed E-state index contributed by atoms with van der Waals surface area (Å²) in [6.07, 6.45) is 1.59. The number of halogens is 1. The van der Waals surface area contributed by atoms with Crippen molar-refractivity contribution in [3.05, 3.63) is 28.7 Å². The third kappa shape index (κ3) is 5.93. The molecule has 1 atom stereocenters. The Kier molecular flexibility index (Phi) is 6.83. The maximum Gasteiger partial charge on any atom is 0.120 e. The molecule has 0 aliphatic heterocycles. The summed E-state index contributed by atoms with van der Waals surface area (Å²) in [6, 6.07) is 7.63. The molecule has 0 bridgehead atoms. The lowest BCUT2D eigenvalue weighted by atomic mass is 9.95. The average Bonchev–Trinajstić information content (AvgIpc) is 2.42. The Hall–Kier alpha value is -0.580. The van der Waals surface area contributed by atoms with Crippen molar-refractivity contribution in [3.8, 4) is 5.75 Å². The van der Waals surface area contributed by atoms with Crippen LogP contribution in [0.3, 0.4) is 0 Å². The van der Waals surface area contributed by atoms with E-state index in [2.05, 4.69) is 42.0 Å². The molecule has 0 amide bonds. The van der Waals surface area contributed by atoms with Crippen molar-refractivity contribution in [3.63, 3.8) is 0 Å². The van der Waals surface area contributed by atoms with Gasteiger partial charge in [0.1, 0.15) is 18.5 Å². The summed E-state index contributed by atoms with van der Waals surface area (Å²) in [4.78, 5) is 0. The van der Waals surface area contributed by atoms with Gasteiger partial charge in [-0.1, -0.05) is 35.8 Å². The van der Waals surface area contributed by atoms with Crippen molar-refractivity contribution < 1.29 is 9.84 Å². The predicted molar refractivity (Wildman–Crippen MR) is 82.6 cm³/mol. The zero-order valence-corrected chi connectivity index (χ0v) is 13.5. The zero-order chi connectivity index (χ0) is 14.3. The molecule has 108 valence electrons. The van der Waals surface area contributed by atoms with Crippen molar-refractivity contribution >= 4 is 15.9 Å². The molecule has 1 aromatic rings. The lowest BCUT2D eigenvalue weighted by Gasteiger charge is -2.29. The molecule has 19 heavy (non-hydrogen) atoms. The summed E-state index contributed by atoms with van der Waals surface area (Å²) in [7, 11) is 0. The molecule has 0 aliphatic rings. The van der Waals surface area contributed by atoms with Gasteiger partial charge in [-0.2, -0.15) is 0 Å². The summed E-state index contributed by atoms with van der Waals surface area (Å²) in [6.45, 7) is 7.33. The van der Waals surface area contributed by atoms with E-state index in [4.69, 9.17) is 4.74 Å². The smallest absolute Gasteiger partial charge is 0.120 e. The minimum Gasteiger partial charge on any atom is -0.491 e. The largest absolute Gasteiger partial charge is 0.491 e. The maximum atomic E-state index is 9.93. The molecule has 0 spiro atoms. The van der Waals surface area contributed by atoms with Gasteiger partial charge in [0.05, 0.1) is 0 Å². The second-order valence-corrected chi connectivity index (χ2v) is 5.99. The number of hydrogen-bond donors (Lipinski definition) is 2. The Balaban J connectivity index is 2.34. The van der Waals surface area contributed by atoms with Gasteiger partial charge in [-0.25, -0.2) is 0 Å². The molecule has 2 N–H and O–H groups in total. The van der Waals surface area contributed by atoms with E-state index < -0.39 is 6.10 Å². The fourth-order valence-corrected chi connectivity index (χ4v) is 2.05. The molecule has 0 heterocycles. The van der Waals surface area contributed by atoms with Crippen LogP contribution in [0.15, 0.2) is 28.7 Å². The van der Waals surface area contributed by atoms with E-state index in [0.29, 0.717) is 13.2 Å². The van der Waals surface area contributed by atoms with Crippen LogP contribution in [0.5, 0.6) is 5.75 Å². The molecule has 1 aromatic carbocycles. The normalized spacial score (nSPS) is 13.3. The number of nitrogens with one attached hydrogen (secondary N) is 1. The highest BCUT2D eigenvalue weighted by Gasteiger charge is 2.19. The minimum atomic E-state index is -0.503. The Labute approximate surface area is 124 Å². The molecule has 0 aromatic heterocycles. The van der Waals surface area contributed by atoms with Crippen LogP contribution in [0.2, 0.25) is 0 Å². The van der Waals surface area contributed by atoms with Crippen molar-refractivity contribution in [1.82, 2.24) is 5.32 Å². The van der Waals surface area contributed by atoms with Gasteiger partial charge >= 0.3 is 0 Å². The number of hydrogen-bond acceptors (Lipinski definition) is 3. The molecule has 3 nitrogen and oxygen atoms in total.